The number of carboxylic acid groups (broad SMARTS) is 1. The van der Waals surface area contributed by atoms with E-state index in [9.17, 15) is 24.3 Å². The molecule has 1 aromatic carbocycles. The van der Waals surface area contributed by atoms with Gasteiger partial charge in [0.1, 0.15) is 6.04 Å². The maximum atomic E-state index is 12.1. The molecule has 172 valence electrons. The SMILES string of the molecule is CCCCCCCC(=O)N[C@@H](Cc1ccc(OC(=O)CC)c(OC(=O)CC)c1)C(=O)O. The van der Waals surface area contributed by atoms with Crippen molar-refractivity contribution in [2.45, 2.75) is 84.6 Å². The van der Waals surface area contributed by atoms with Crippen molar-refractivity contribution in [1.29, 1.82) is 0 Å². The smallest absolute Gasteiger partial charge is 0.326 e. The van der Waals surface area contributed by atoms with Crippen LogP contribution in [-0.4, -0.2) is 35.0 Å². The van der Waals surface area contributed by atoms with E-state index >= 15 is 0 Å². The molecule has 0 saturated heterocycles. The molecule has 1 amide bonds. The first-order valence-electron chi connectivity index (χ1n) is 10.9. The van der Waals surface area contributed by atoms with Gasteiger partial charge in [-0.1, -0.05) is 52.5 Å². The Labute approximate surface area is 183 Å². The number of ether oxygens (including phenoxy) is 2. The Balaban J connectivity index is 2.86. The van der Waals surface area contributed by atoms with Crippen LogP contribution >= 0.6 is 0 Å². The summed E-state index contributed by atoms with van der Waals surface area (Å²) in [6, 6.07) is 3.37. The second-order valence-electron chi connectivity index (χ2n) is 7.26. The predicted octanol–water partition coefficient (Wildman–Crippen LogP) is 3.79. The van der Waals surface area contributed by atoms with Crippen LogP contribution in [0.15, 0.2) is 18.2 Å². The number of aliphatic carboxylic acids is 1. The van der Waals surface area contributed by atoms with E-state index in [2.05, 4.69) is 12.2 Å². The average Bonchev–Trinajstić information content (AvgIpc) is 2.74. The van der Waals surface area contributed by atoms with Crippen molar-refractivity contribution < 1.29 is 33.8 Å². The fourth-order valence-electron chi connectivity index (χ4n) is 2.82. The highest BCUT2D eigenvalue weighted by atomic mass is 16.6. The molecule has 0 unspecified atom stereocenters. The van der Waals surface area contributed by atoms with Gasteiger partial charge in [0.2, 0.25) is 5.91 Å². The van der Waals surface area contributed by atoms with Crippen molar-refractivity contribution in [2.75, 3.05) is 0 Å². The lowest BCUT2D eigenvalue weighted by atomic mass is 10.0. The summed E-state index contributed by atoms with van der Waals surface area (Å²) in [6.45, 7) is 5.37. The van der Waals surface area contributed by atoms with Crippen molar-refractivity contribution in [1.82, 2.24) is 5.32 Å². The van der Waals surface area contributed by atoms with Gasteiger partial charge in [0, 0.05) is 25.7 Å². The quantitative estimate of drug-likeness (QED) is 0.259. The summed E-state index contributed by atoms with van der Waals surface area (Å²) < 4.78 is 10.4. The van der Waals surface area contributed by atoms with E-state index in [-0.39, 0.29) is 43.1 Å². The van der Waals surface area contributed by atoms with E-state index in [1.807, 2.05) is 0 Å². The molecule has 0 heterocycles. The van der Waals surface area contributed by atoms with Crippen LogP contribution in [0.1, 0.15) is 77.7 Å². The molecule has 0 aliphatic rings. The second-order valence-corrected chi connectivity index (χ2v) is 7.26. The lowest BCUT2D eigenvalue weighted by Gasteiger charge is -2.16. The molecular formula is C23H33NO7. The van der Waals surface area contributed by atoms with Crippen LogP contribution in [0.4, 0.5) is 0 Å². The number of nitrogens with one attached hydrogen (secondary N) is 1. The first kappa shape index (κ1) is 26.1. The van der Waals surface area contributed by atoms with Crippen molar-refractivity contribution in [3.8, 4) is 11.5 Å². The van der Waals surface area contributed by atoms with Crippen molar-refractivity contribution in [3.05, 3.63) is 23.8 Å². The normalized spacial score (nSPS) is 11.5. The lowest BCUT2D eigenvalue weighted by Crippen LogP contribution is -2.42. The highest BCUT2D eigenvalue weighted by Crippen LogP contribution is 2.30. The summed E-state index contributed by atoms with van der Waals surface area (Å²) in [7, 11) is 0. The van der Waals surface area contributed by atoms with Crippen molar-refractivity contribution >= 4 is 23.8 Å². The van der Waals surface area contributed by atoms with Crippen LogP contribution in [0.3, 0.4) is 0 Å². The van der Waals surface area contributed by atoms with Gasteiger partial charge >= 0.3 is 17.9 Å². The minimum Gasteiger partial charge on any atom is -0.480 e. The summed E-state index contributed by atoms with van der Waals surface area (Å²) in [6.07, 6.45) is 5.48. The van der Waals surface area contributed by atoms with E-state index < -0.39 is 23.9 Å². The van der Waals surface area contributed by atoms with Crippen LogP contribution in [0.2, 0.25) is 0 Å². The molecule has 0 radical (unpaired) electrons. The van der Waals surface area contributed by atoms with Crippen LogP contribution in [0.5, 0.6) is 11.5 Å². The third kappa shape index (κ3) is 10.1. The van der Waals surface area contributed by atoms with E-state index in [0.717, 1.165) is 25.7 Å². The minimum atomic E-state index is -1.16. The molecule has 8 nitrogen and oxygen atoms in total. The maximum Gasteiger partial charge on any atom is 0.326 e. The number of benzene rings is 1. The number of carbonyl (C=O) groups is 4. The molecule has 2 N–H and O–H groups in total. The van der Waals surface area contributed by atoms with Crippen molar-refractivity contribution in [3.63, 3.8) is 0 Å². The fraction of sp³-hybridized carbons (Fsp3) is 0.565. The maximum absolute atomic E-state index is 12.1. The molecular weight excluding hydrogens is 402 g/mol. The van der Waals surface area contributed by atoms with E-state index in [1.165, 1.54) is 12.1 Å². The van der Waals surface area contributed by atoms with Crippen molar-refractivity contribution in [2.24, 2.45) is 0 Å². The third-order valence-electron chi connectivity index (χ3n) is 4.61. The molecule has 0 spiro atoms. The second kappa shape index (κ2) is 14.2. The standard InChI is InChI=1S/C23H33NO7/c1-4-7-8-9-10-11-20(25)24-17(23(28)29)14-16-12-13-18(30-21(26)5-2)19(15-16)31-22(27)6-3/h12-13,15,17H,4-11,14H2,1-3H3,(H,24,25)(H,28,29)/t17-/m0/s1. The Kier molecular flexibility index (Phi) is 11.9. The molecule has 1 rings (SSSR count). The molecule has 1 atom stereocenters. The Bertz CT molecular complexity index is 760. The average molecular weight is 436 g/mol. The molecule has 31 heavy (non-hydrogen) atoms. The highest BCUT2D eigenvalue weighted by Gasteiger charge is 2.22. The van der Waals surface area contributed by atoms with Gasteiger partial charge in [-0.3, -0.25) is 14.4 Å². The first-order valence-corrected chi connectivity index (χ1v) is 10.9. The number of carboxylic acids is 1. The summed E-state index contributed by atoms with van der Waals surface area (Å²) in [4.78, 5) is 47.1. The number of carbonyl (C=O) groups excluding carboxylic acids is 3. The van der Waals surface area contributed by atoms with Gasteiger partial charge in [-0.25, -0.2) is 4.79 Å². The van der Waals surface area contributed by atoms with Gasteiger partial charge in [-0.05, 0) is 24.1 Å². The lowest BCUT2D eigenvalue weighted by molar-refractivity contribution is -0.141. The van der Waals surface area contributed by atoms with E-state index in [4.69, 9.17) is 9.47 Å². The Hall–Kier alpha value is -2.90. The summed E-state index contributed by atoms with van der Waals surface area (Å²) in [5.74, 6) is -2.35. The molecule has 8 heteroatoms. The van der Waals surface area contributed by atoms with Gasteiger partial charge in [0.25, 0.3) is 0 Å². The van der Waals surface area contributed by atoms with E-state index in [1.54, 1.807) is 19.9 Å². The minimum absolute atomic E-state index is 0.00438. The van der Waals surface area contributed by atoms with Gasteiger partial charge in [0.15, 0.2) is 11.5 Å². The van der Waals surface area contributed by atoms with Gasteiger partial charge in [0.05, 0.1) is 0 Å². The molecule has 0 aliphatic heterocycles. The number of unbranched alkanes of at least 4 members (excludes halogenated alkanes) is 4. The molecule has 0 fully saturated rings. The molecule has 0 saturated carbocycles. The number of hydrogen-bond donors (Lipinski definition) is 2. The molecule has 0 bridgehead atoms. The third-order valence-corrected chi connectivity index (χ3v) is 4.61. The van der Waals surface area contributed by atoms with Crippen LogP contribution in [0.25, 0.3) is 0 Å². The molecule has 0 aromatic heterocycles. The number of esters is 2. The van der Waals surface area contributed by atoms with Crippen LogP contribution < -0.4 is 14.8 Å². The Morgan fingerprint density at radius 3 is 2.10 bits per heavy atom. The van der Waals surface area contributed by atoms with Gasteiger partial charge in [-0.2, -0.15) is 0 Å². The number of hydrogen-bond acceptors (Lipinski definition) is 6. The zero-order chi connectivity index (χ0) is 23.2. The topological polar surface area (TPSA) is 119 Å². The summed E-state index contributed by atoms with van der Waals surface area (Å²) >= 11 is 0. The molecule has 0 aliphatic carbocycles. The summed E-state index contributed by atoms with van der Waals surface area (Å²) in [5, 5.41) is 12.1. The van der Waals surface area contributed by atoms with Crippen LogP contribution in [0, 0.1) is 0 Å². The largest absolute Gasteiger partial charge is 0.480 e. The van der Waals surface area contributed by atoms with Crippen LogP contribution in [-0.2, 0) is 25.6 Å². The van der Waals surface area contributed by atoms with Gasteiger partial charge in [-0.15, -0.1) is 0 Å². The van der Waals surface area contributed by atoms with E-state index in [0.29, 0.717) is 12.0 Å². The zero-order valence-electron chi connectivity index (χ0n) is 18.6. The summed E-state index contributed by atoms with van der Waals surface area (Å²) in [5.41, 5.74) is 0.519. The number of amides is 1. The highest BCUT2D eigenvalue weighted by molar-refractivity contribution is 5.83. The predicted molar refractivity (Wildman–Crippen MR) is 115 cm³/mol. The first-order chi connectivity index (χ1) is 14.8. The monoisotopic (exact) mass is 435 g/mol. The van der Waals surface area contributed by atoms with Gasteiger partial charge < -0.3 is 19.9 Å². The Morgan fingerprint density at radius 1 is 0.903 bits per heavy atom. The fourth-order valence-corrected chi connectivity index (χ4v) is 2.82. The Morgan fingerprint density at radius 2 is 1.52 bits per heavy atom. The zero-order valence-corrected chi connectivity index (χ0v) is 18.6. The molecule has 1 aromatic rings. The number of rotatable bonds is 14.